The maximum absolute atomic E-state index is 14.0. The Morgan fingerprint density at radius 2 is 1.90 bits per heavy atom. The maximum Gasteiger partial charge on any atom is 0.258 e. The largest absolute Gasteiger partial charge is 0.483 e. The second-order valence-corrected chi connectivity index (χ2v) is 7.39. The van der Waals surface area contributed by atoms with E-state index in [4.69, 9.17) is 16.3 Å². The standard InChI is InChI=1S/C22H24ClFN2O3/c1-2-15-6-3-4-9-19(15)29-14-20(27)25-16-10-12-26(13-11-16)22(28)21-17(23)7-5-8-18(21)24/h3-9,16H,2,10-14H2,1H3,(H,25,27). The summed E-state index contributed by atoms with van der Waals surface area (Å²) in [6, 6.07) is 11.8. The lowest BCUT2D eigenvalue weighted by atomic mass is 10.0. The molecule has 0 aromatic heterocycles. The van der Waals surface area contributed by atoms with E-state index < -0.39 is 11.7 Å². The van der Waals surface area contributed by atoms with E-state index in [1.54, 1.807) is 4.90 Å². The summed E-state index contributed by atoms with van der Waals surface area (Å²) in [4.78, 5) is 26.4. The number of hydrogen-bond donors (Lipinski definition) is 1. The Hall–Kier alpha value is -2.60. The van der Waals surface area contributed by atoms with Crippen LogP contribution in [0.1, 0.15) is 35.7 Å². The van der Waals surface area contributed by atoms with Gasteiger partial charge in [0, 0.05) is 19.1 Å². The predicted molar refractivity (Wildman–Crippen MR) is 110 cm³/mol. The molecule has 1 N–H and O–H groups in total. The first kappa shape index (κ1) is 21.1. The number of hydrogen-bond acceptors (Lipinski definition) is 3. The van der Waals surface area contributed by atoms with Gasteiger partial charge < -0.3 is 15.0 Å². The van der Waals surface area contributed by atoms with Crippen LogP contribution in [0.25, 0.3) is 0 Å². The quantitative estimate of drug-likeness (QED) is 0.775. The zero-order valence-electron chi connectivity index (χ0n) is 16.3. The first-order chi connectivity index (χ1) is 14.0. The number of aryl methyl sites for hydroxylation is 1. The molecule has 1 heterocycles. The molecular weight excluding hydrogens is 395 g/mol. The molecule has 0 unspecified atom stereocenters. The number of benzene rings is 2. The second-order valence-electron chi connectivity index (χ2n) is 6.98. The third-order valence-electron chi connectivity index (χ3n) is 5.04. The van der Waals surface area contributed by atoms with Gasteiger partial charge in [0.05, 0.1) is 10.6 Å². The summed E-state index contributed by atoms with van der Waals surface area (Å²) in [5.74, 6) is -0.523. The number of nitrogens with zero attached hydrogens (tertiary/aromatic N) is 1. The number of halogens is 2. The number of likely N-dealkylation sites (tertiary alicyclic amines) is 1. The zero-order chi connectivity index (χ0) is 20.8. The Labute approximate surface area is 174 Å². The molecule has 0 bridgehead atoms. The smallest absolute Gasteiger partial charge is 0.258 e. The molecule has 1 aliphatic heterocycles. The van der Waals surface area contributed by atoms with Crippen LogP contribution in [0.3, 0.4) is 0 Å². The molecule has 2 aromatic rings. The summed E-state index contributed by atoms with van der Waals surface area (Å²) in [5.41, 5.74) is 0.957. The Morgan fingerprint density at radius 3 is 2.59 bits per heavy atom. The van der Waals surface area contributed by atoms with Crippen molar-refractivity contribution in [1.29, 1.82) is 0 Å². The van der Waals surface area contributed by atoms with Crippen LogP contribution in [0, 0.1) is 5.82 Å². The van der Waals surface area contributed by atoms with E-state index in [0.29, 0.717) is 31.7 Å². The van der Waals surface area contributed by atoms with Crippen molar-refractivity contribution in [3.05, 3.63) is 64.4 Å². The van der Waals surface area contributed by atoms with Crippen LogP contribution in [-0.4, -0.2) is 42.5 Å². The normalized spacial score (nSPS) is 14.5. The highest BCUT2D eigenvalue weighted by atomic mass is 35.5. The van der Waals surface area contributed by atoms with Gasteiger partial charge in [-0.15, -0.1) is 0 Å². The molecule has 0 atom stereocenters. The number of nitrogens with one attached hydrogen (secondary N) is 1. The van der Waals surface area contributed by atoms with Gasteiger partial charge in [0.2, 0.25) is 0 Å². The third-order valence-corrected chi connectivity index (χ3v) is 5.35. The molecular formula is C22H24ClFN2O3. The summed E-state index contributed by atoms with van der Waals surface area (Å²) < 4.78 is 19.6. The van der Waals surface area contributed by atoms with Crippen LogP contribution < -0.4 is 10.1 Å². The lowest BCUT2D eigenvalue weighted by molar-refractivity contribution is -0.124. The summed E-state index contributed by atoms with van der Waals surface area (Å²) >= 11 is 5.99. The first-order valence-corrected chi connectivity index (χ1v) is 10.1. The summed E-state index contributed by atoms with van der Waals surface area (Å²) in [6.07, 6.45) is 2.01. The van der Waals surface area contributed by atoms with E-state index in [2.05, 4.69) is 5.32 Å². The minimum atomic E-state index is -0.623. The minimum Gasteiger partial charge on any atom is -0.483 e. The van der Waals surface area contributed by atoms with E-state index in [9.17, 15) is 14.0 Å². The van der Waals surface area contributed by atoms with Crippen molar-refractivity contribution in [2.45, 2.75) is 32.2 Å². The maximum atomic E-state index is 14.0. The summed E-state index contributed by atoms with van der Waals surface area (Å²) in [5, 5.41) is 3.05. The average Bonchev–Trinajstić information content (AvgIpc) is 2.72. The zero-order valence-corrected chi connectivity index (χ0v) is 17.0. The fourth-order valence-corrected chi connectivity index (χ4v) is 3.68. The predicted octanol–water partition coefficient (Wildman–Crippen LogP) is 3.84. The molecule has 0 radical (unpaired) electrons. The second kappa shape index (κ2) is 9.74. The number of ether oxygens (including phenoxy) is 1. The number of carbonyl (C=O) groups is 2. The number of amides is 2. The average molecular weight is 419 g/mol. The Bertz CT molecular complexity index is 862. The van der Waals surface area contributed by atoms with Crippen molar-refractivity contribution in [2.24, 2.45) is 0 Å². The van der Waals surface area contributed by atoms with Gasteiger partial charge in [-0.1, -0.05) is 42.8 Å². The SMILES string of the molecule is CCc1ccccc1OCC(=O)NC1CCN(C(=O)c2c(F)cccc2Cl)CC1. The van der Waals surface area contributed by atoms with Crippen LogP contribution in [0.4, 0.5) is 4.39 Å². The van der Waals surface area contributed by atoms with Crippen LogP contribution in [0.5, 0.6) is 5.75 Å². The van der Waals surface area contributed by atoms with Crippen LogP contribution in [-0.2, 0) is 11.2 Å². The van der Waals surface area contributed by atoms with Gasteiger partial charge in [-0.3, -0.25) is 9.59 Å². The fourth-order valence-electron chi connectivity index (χ4n) is 3.44. The minimum absolute atomic E-state index is 0.0485. The van der Waals surface area contributed by atoms with Crippen molar-refractivity contribution in [3.8, 4) is 5.75 Å². The molecule has 1 fully saturated rings. The molecule has 0 aliphatic carbocycles. The molecule has 29 heavy (non-hydrogen) atoms. The molecule has 0 spiro atoms. The molecule has 2 aromatic carbocycles. The third kappa shape index (κ3) is 5.26. The Balaban J connectivity index is 1.48. The van der Waals surface area contributed by atoms with E-state index in [0.717, 1.165) is 12.0 Å². The lowest BCUT2D eigenvalue weighted by Gasteiger charge is -2.32. The highest BCUT2D eigenvalue weighted by Gasteiger charge is 2.27. The van der Waals surface area contributed by atoms with Crippen LogP contribution in [0.15, 0.2) is 42.5 Å². The number of rotatable bonds is 6. The van der Waals surface area contributed by atoms with Gasteiger partial charge in [0.25, 0.3) is 11.8 Å². The molecule has 5 nitrogen and oxygen atoms in total. The summed E-state index contributed by atoms with van der Waals surface area (Å²) in [7, 11) is 0. The number of para-hydroxylation sites is 1. The molecule has 2 amide bonds. The van der Waals surface area contributed by atoms with Gasteiger partial charge in [0.1, 0.15) is 11.6 Å². The highest BCUT2D eigenvalue weighted by molar-refractivity contribution is 6.33. The Morgan fingerprint density at radius 1 is 1.17 bits per heavy atom. The Kier molecular flexibility index (Phi) is 7.09. The lowest BCUT2D eigenvalue weighted by Crippen LogP contribution is -2.47. The highest BCUT2D eigenvalue weighted by Crippen LogP contribution is 2.23. The van der Waals surface area contributed by atoms with E-state index in [1.807, 2.05) is 31.2 Å². The van der Waals surface area contributed by atoms with Crippen molar-refractivity contribution >= 4 is 23.4 Å². The van der Waals surface area contributed by atoms with Crippen LogP contribution in [0.2, 0.25) is 5.02 Å². The van der Waals surface area contributed by atoms with Gasteiger partial charge >= 0.3 is 0 Å². The molecule has 3 rings (SSSR count). The van der Waals surface area contributed by atoms with Crippen molar-refractivity contribution in [2.75, 3.05) is 19.7 Å². The van der Waals surface area contributed by atoms with Gasteiger partial charge in [-0.05, 0) is 43.0 Å². The molecule has 0 saturated carbocycles. The number of piperidine rings is 1. The van der Waals surface area contributed by atoms with Crippen molar-refractivity contribution in [1.82, 2.24) is 10.2 Å². The first-order valence-electron chi connectivity index (χ1n) is 9.73. The molecule has 1 aliphatic rings. The van der Waals surface area contributed by atoms with E-state index in [1.165, 1.54) is 18.2 Å². The fraction of sp³-hybridized carbons (Fsp3) is 0.364. The number of carbonyl (C=O) groups excluding carboxylic acids is 2. The van der Waals surface area contributed by atoms with Gasteiger partial charge in [-0.25, -0.2) is 4.39 Å². The van der Waals surface area contributed by atoms with E-state index in [-0.39, 0.29) is 29.1 Å². The van der Waals surface area contributed by atoms with Crippen LogP contribution >= 0.6 is 11.6 Å². The van der Waals surface area contributed by atoms with Crippen molar-refractivity contribution in [3.63, 3.8) is 0 Å². The van der Waals surface area contributed by atoms with Gasteiger partial charge in [0.15, 0.2) is 6.61 Å². The molecule has 7 heteroatoms. The van der Waals surface area contributed by atoms with E-state index >= 15 is 0 Å². The van der Waals surface area contributed by atoms with Crippen molar-refractivity contribution < 1.29 is 18.7 Å². The molecule has 1 saturated heterocycles. The topological polar surface area (TPSA) is 58.6 Å². The van der Waals surface area contributed by atoms with Gasteiger partial charge in [-0.2, -0.15) is 0 Å². The summed E-state index contributed by atoms with van der Waals surface area (Å²) in [6.45, 7) is 2.83. The monoisotopic (exact) mass is 418 g/mol. The molecule has 154 valence electrons.